The molecule has 2 aliphatic rings. The van der Waals surface area contributed by atoms with Crippen LogP contribution in [0.25, 0.3) is 6.08 Å². The van der Waals surface area contributed by atoms with E-state index in [9.17, 15) is 18.0 Å². The number of amides is 1. The maximum absolute atomic E-state index is 13.3. The molecular weight excluding hydrogens is 400 g/mol. The highest BCUT2D eigenvalue weighted by Gasteiger charge is 2.69. The molecule has 2 aliphatic heterocycles. The summed E-state index contributed by atoms with van der Waals surface area (Å²) in [5.74, 6) is -0.996. The molecule has 1 amide bonds. The van der Waals surface area contributed by atoms with Gasteiger partial charge in [0.25, 0.3) is 0 Å². The number of carbonyl (C=O) groups excluding carboxylic acids is 2. The third-order valence-electron chi connectivity index (χ3n) is 5.03. The summed E-state index contributed by atoms with van der Waals surface area (Å²) >= 11 is 5.83. The predicted octanol–water partition coefficient (Wildman–Crippen LogP) is 2.58. The zero-order chi connectivity index (χ0) is 20.1. The van der Waals surface area contributed by atoms with Gasteiger partial charge in [-0.05, 0) is 48.0 Å². The first-order chi connectivity index (χ1) is 13.3. The van der Waals surface area contributed by atoms with Gasteiger partial charge in [0, 0.05) is 10.6 Å². The van der Waals surface area contributed by atoms with Crippen LogP contribution in [0.5, 0.6) is 0 Å². The molecule has 4 rings (SSSR count). The van der Waals surface area contributed by atoms with Crippen LogP contribution < -0.4 is 0 Å². The minimum atomic E-state index is -4.13. The van der Waals surface area contributed by atoms with Gasteiger partial charge in [0.15, 0.2) is 0 Å². The lowest BCUT2D eigenvalue weighted by atomic mass is 9.99. The number of sulfone groups is 1. The van der Waals surface area contributed by atoms with E-state index in [0.717, 1.165) is 4.90 Å². The summed E-state index contributed by atoms with van der Waals surface area (Å²) in [5, 5.41) is 9.39. The second kappa shape index (κ2) is 6.30. The van der Waals surface area contributed by atoms with Crippen molar-refractivity contribution in [1.29, 1.82) is 5.26 Å². The number of fused-ring (bicyclic) bond motifs is 1. The van der Waals surface area contributed by atoms with E-state index in [1.54, 1.807) is 24.3 Å². The van der Waals surface area contributed by atoms with Gasteiger partial charge in [0.2, 0.25) is 26.4 Å². The molecular formula is C20H13ClN2O4S. The van der Waals surface area contributed by atoms with Gasteiger partial charge in [-0.1, -0.05) is 23.7 Å². The first-order valence-corrected chi connectivity index (χ1v) is 10.2. The Balaban J connectivity index is 1.79. The van der Waals surface area contributed by atoms with E-state index in [1.807, 2.05) is 6.07 Å². The van der Waals surface area contributed by atoms with Gasteiger partial charge in [-0.2, -0.15) is 5.26 Å². The van der Waals surface area contributed by atoms with Gasteiger partial charge >= 0.3 is 0 Å². The summed E-state index contributed by atoms with van der Waals surface area (Å²) in [6.07, 6.45) is 1.15. The number of rotatable bonds is 3. The average molecular weight is 413 g/mol. The van der Waals surface area contributed by atoms with Crippen molar-refractivity contribution in [3.63, 3.8) is 0 Å². The second-order valence-electron chi connectivity index (χ2n) is 6.63. The Morgan fingerprint density at radius 1 is 1.14 bits per heavy atom. The number of nitrogens with zero attached hydrogens (tertiary/aromatic N) is 2. The highest BCUT2D eigenvalue weighted by Crippen LogP contribution is 2.48. The zero-order valence-electron chi connectivity index (χ0n) is 14.4. The number of hydrogen-bond donors (Lipinski definition) is 0. The Kier molecular flexibility index (Phi) is 4.14. The van der Waals surface area contributed by atoms with E-state index in [1.165, 1.54) is 30.3 Å². The molecule has 2 fully saturated rings. The van der Waals surface area contributed by atoms with E-state index >= 15 is 0 Å². The largest absolute Gasteiger partial charge is 0.311 e. The normalized spacial score (nSPS) is 22.7. The molecule has 6 nitrogen and oxygen atoms in total. The highest BCUT2D eigenvalue weighted by atomic mass is 35.5. The topological polar surface area (TPSA) is 95.3 Å². The SMILES string of the molecule is N#Cc1cccc(C=C2CN3C(=O)CC3(S(=O)(=O)c3ccc(Cl)cc3)C2=O)c1. The van der Waals surface area contributed by atoms with E-state index in [-0.39, 0.29) is 29.3 Å². The summed E-state index contributed by atoms with van der Waals surface area (Å²) in [6, 6.07) is 14.1. The molecule has 2 aromatic rings. The maximum atomic E-state index is 13.3. The van der Waals surface area contributed by atoms with Crippen LogP contribution in [-0.4, -0.2) is 36.4 Å². The van der Waals surface area contributed by atoms with Crippen molar-refractivity contribution >= 4 is 39.2 Å². The Bertz CT molecular complexity index is 1200. The smallest absolute Gasteiger partial charge is 0.228 e. The molecule has 1 unspecified atom stereocenters. The van der Waals surface area contributed by atoms with Crippen LogP contribution >= 0.6 is 11.6 Å². The van der Waals surface area contributed by atoms with Crippen LogP contribution in [0.3, 0.4) is 0 Å². The van der Waals surface area contributed by atoms with Crippen molar-refractivity contribution in [2.45, 2.75) is 16.2 Å². The number of ketones is 1. The molecule has 0 spiro atoms. The van der Waals surface area contributed by atoms with Crippen molar-refractivity contribution in [3.8, 4) is 6.07 Å². The molecule has 140 valence electrons. The van der Waals surface area contributed by atoms with Gasteiger partial charge in [0.1, 0.15) is 0 Å². The Hall–Kier alpha value is -2.95. The van der Waals surface area contributed by atoms with E-state index in [4.69, 9.17) is 16.9 Å². The molecule has 0 radical (unpaired) electrons. The van der Waals surface area contributed by atoms with Crippen molar-refractivity contribution in [1.82, 2.24) is 4.90 Å². The third-order valence-corrected chi connectivity index (χ3v) is 7.61. The summed E-state index contributed by atoms with van der Waals surface area (Å²) in [4.78, 5) is 24.4. The zero-order valence-corrected chi connectivity index (χ0v) is 16.0. The molecule has 0 aromatic heterocycles. The van der Waals surface area contributed by atoms with Gasteiger partial charge < -0.3 is 4.90 Å². The number of benzene rings is 2. The number of Topliss-reactive ketones (excluding diaryl/α,β-unsaturated/α-hetero) is 1. The predicted molar refractivity (Wildman–Crippen MR) is 102 cm³/mol. The fourth-order valence-electron chi connectivity index (χ4n) is 3.60. The molecule has 28 heavy (non-hydrogen) atoms. The minimum Gasteiger partial charge on any atom is -0.311 e. The van der Waals surface area contributed by atoms with Crippen LogP contribution in [0.15, 0.2) is 59.0 Å². The summed E-state index contributed by atoms with van der Waals surface area (Å²) in [6.45, 7) is -0.0821. The fraction of sp³-hybridized carbons (Fsp3) is 0.150. The van der Waals surface area contributed by atoms with Crippen LogP contribution in [0.4, 0.5) is 0 Å². The number of β-lactam (4-membered cyclic amide) rings is 1. The maximum Gasteiger partial charge on any atom is 0.228 e. The minimum absolute atomic E-state index is 0.0597. The van der Waals surface area contributed by atoms with Crippen LogP contribution in [0.1, 0.15) is 17.5 Å². The molecule has 2 heterocycles. The molecule has 2 aromatic carbocycles. The fourth-order valence-corrected chi connectivity index (χ4v) is 5.75. The summed E-state index contributed by atoms with van der Waals surface area (Å²) in [5.41, 5.74) is 1.23. The van der Waals surface area contributed by atoms with Gasteiger partial charge in [-0.25, -0.2) is 8.42 Å². The molecule has 0 bridgehead atoms. The molecule has 8 heteroatoms. The van der Waals surface area contributed by atoms with E-state index < -0.39 is 20.5 Å². The van der Waals surface area contributed by atoms with Crippen molar-refractivity contribution in [2.75, 3.05) is 6.54 Å². The lowest BCUT2D eigenvalue weighted by Gasteiger charge is -2.44. The Labute approximate surface area is 166 Å². The third kappa shape index (κ3) is 2.49. The summed E-state index contributed by atoms with van der Waals surface area (Å²) < 4.78 is 26.5. The highest BCUT2D eigenvalue weighted by molar-refractivity contribution is 7.93. The van der Waals surface area contributed by atoms with Crippen LogP contribution in [0, 0.1) is 11.3 Å². The lowest BCUT2D eigenvalue weighted by molar-refractivity contribution is -0.150. The first kappa shape index (κ1) is 18.4. The Morgan fingerprint density at radius 2 is 1.86 bits per heavy atom. The average Bonchev–Trinajstić information content (AvgIpc) is 2.90. The molecule has 2 saturated heterocycles. The molecule has 0 N–H and O–H groups in total. The Morgan fingerprint density at radius 3 is 2.50 bits per heavy atom. The number of carbonyl (C=O) groups is 2. The van der Waals surface area contributed by atoms with E-state index in [2.05, 4.69) is 0 Å². The number of hydrogen-bond acceptors (Lipinski definition) is 5. The van der Waals surface area contributed by atoms with Gasteiger partial charge in [-0.15, -0.1) is 0 Å². The second-order valence-corrected chi connectivity index (χ2v) is 9.22. The number of halogens is 1. The summed E-state index contributed by atoms with van der Waals surface area (Å²) in [7, 11) is -4.13. The molecule has 1 atom stereocenters. The molecule has 0 saturated carbocycles. The van der Waals surface area contributed by atoms with Crippen molar-refractivity contribution in [3.05, 3.63) is 70.3 Å². The van der Waals surface area contributed by atoms with Gasteiger partial charge in [-0.3, -0.25) is 9.59 Å². The first-order valence-electron chi connectivity index (χ1n) is 8.36. The van der Waals surface area contributed by atoms with Crippen molar-refractivity contribution < 1.29 is 18.0 Å². The van der Waals surface area contributed by atoms with Crippen molar-refractivity contribution in [2.24, 2.45) is 0 Å². The lowest BCUT2D eigenvalue weighted by Crippen LogP contribution is -2.67. The standard InChI is InChI=1S/C20H13ClN2O4S/c21-16-4-6-17(7-5-16)28(26,27)20-10-18(24)23(20)12-15(19(20)25)9-13-2-1-3-14(8-13)11-22/h1-9H,10,12H2. The monoisotopic (exact) mass is 412 g/mol. The van der Waals surface area contributed by atoms with Gasteiger partial charge in [0.05, 0.1) is 29.5 Å². The number of nitriles is 1. The quantitative estimate of drug-likeness (QED) is 0.570. The van der Waals surface area contributed by atoms with Crippen LogP contribution in [0.2, 0.25) is 5.02 Å². The van der Waals surface area contributed by atoms with E-state index in [0.29, 0.717) is 16.1 Å². The molecule has 0 aliphatic carbocycles. The van der Waals surface area contributed by atoms with Crippen LogP contribution in [-0.2, 0) is 19.4 Å².